The number of halogens is 1. The van der Waals surface area contributed by atoms with Crippen LogP contribution in [-0.2, 0) is 27.2 Å². The second kappa shape index (κ2) is 8.60. The van der Waals surface area contributed by atoms with Gasteiger partial charge in [-0.2, -0.15) is 4.98 Å². The van der Waals surface area contributed by atoms with Gasteiger partial charge >= 0.3 is 5.69 Å². The minimum Gasteiger partial charge on any atom is -0.393 e. The van der Waals surface area contributed by atoms with Crippen LogP contribution in [0.15, 0.2) is 33.9 Å². The predicted octanol–water partition coefficient (Wildman–Crippen LogP) is 1.74. The Labute approximate surface area is 167 Å². The second-order valence-corrected chi connectivity index (χ2v) is 7.29. The first kappa shape index (κ1) is 20.8. The van der Waals surface area contributed by atoms with Crippen molar-refractivity contribution in [1.82, 2.24) is 18.7 Å². The number of nitrogens with one attached hydrogen (secondary N) is 1. The summed E-state index contributed by atoms with van der Waals surface area (Å²) in [5.74, 6) is 0.0957. The van der Waals surface area contributed by atoms with Crippen molar-refractivity contribution >= 4 is 17.1 Å². The number of hydrogen-bond acceptors (Lipinski definition) is 5. The molecule has 1 aromatic carbocycles. The molecule has 3 aromatic rings. The summed E-state index contributed by atoms with van der Waals surface area (Å²) in [6.45, 7) is 2.33. The SMILES string of the molecule is CC(O)CCCCn1c(=O)c2c(nc(NCc3cccc(F)c3)n2C)n(C)c1=O. The number of nitrogens with zero attached hydrogens (tertiary/aromatic N) is 4. The van der Waals surface area contributed by atoms with Crippen molar-refractivity contribution in [1.29, 1.82) is 0 Å². The number of aromatic nitrogens is 4. The summed E-state index contributed by atoms with van der Waals surface area (Å²) in [6.07, 6.45) is 1.56. The molecule has 3 rings (SSSR count). The van der Waals surface area contributed by atoms with Gasteiger partial charge in [-0.05, 0) is 43.9 Å². The zero-order valence-corrected chi connectivity index (χ0v) is 16.9. The highest BCUT2D eigenvalue weighted by Gasteiger charge is 2.18. The van der Waals surface area contributed by atoms with Gasteiger partial charge in [0.1, 0.15) is 5.82 Å². The van der Waals surface area contributed by atoms with Crippen molar-refractivity contribution in [2.24, 2.45) is 14.1 Å². The molecule has 1 atom stereocenters. The van der Waals surface area contributed by atoms with Crippen molar-refractivity contribution < 1.29 is 9.50 Å². The number of imidazole rings is 1. The standard InChI is InChI=1S/C20H26FN5O3/c1-13(27)7-4-5-10-26-18(28)16-17(25(3)20(26)29)23-19(24(16)2)22-12-14-8-6-9-15(21)11-14/h6,8-9,11,13,27H,4-5,7,10,12H2,1-3H3,(H,22,23). The molecule has 0 fully saturated rings. The first-order chi connectivity index (χ1) is 13.8. The van der Waals surface area contributed by atoms with Crippen LogP contribution in [0.4, 0.5) is 10.3 Å². The Morgan fingerprint density at radius 3 is 2.66 bits per heavy atom. The molecule has 0 spiro atoms. The number of benzene rings is 1. The van der Waals surface area contributed by atoms with Crippen LogP contribution in [-0.4, -0.2) is 29.9 Å². The van der Waals surface area contributed by atoms with E-state index in [4.69, 9.17) is 0 Å². The van der Waals surface area contributed by atoms with E-state index in [9.17, 15) is 19.1 Å². The van der Waals surface area contributed by atoms with E-state index in [1.807, 2.05) is 0 Å². The van der Waals surface area contributed by atoms with Gasteiger partial charge in [0, 0.05) is 27.2 Å². The lowest BCUT2D eigenvalue weighted by molar-refractivity contribution is 0.180. The topological polar surface area (TPSA) is 94.1 Å². The fourth-order valence-corrected chi connectivity index (χ4v) is 3.34. The highest BCUT2D eigenvalue weighted by molar-refractivity contribution is 5.74. The summed E-state index contributed by atoms with van der Waals surface area (Å²) in [5, 5.41) is 12.5. The fourth-order valence-electron chi connectivity index (χ4n) is 3.34. The molecule has 0 aliphatic carbocycles. The van der Waals surface area contributed by atoms with Crippen LogP contribution in [0.2, 0.25) is 0 Å². The highest BCUT2D eigenvalue weighted by Crippen LogP contribution is 2.15. The van der Waals surface area contributed by atoms with Crippen LogP contribution in [0.1, 0.15) is 31.7 Å². The lowest BCUT2D eigenvalue weighted by atomic mass is 10.2. The van der Waals surface area contributed by atoms with E-state index in [0.29, 0.717) is 36.5 Å². The lowest BCUT2D eigenvalue weighted by Crippen LogP contribution is -2.39. The normalized spacial score (nSPS) is 12.4. The van der Waals surface area contributed by atoms with E-state index in [1.165, 1.54) is 21.3 Å². The third-order valence-corrected chi connectivity index (χ3v) is 4.95. The summed E-state index contributed by atoms with van der Waals surface area (Å²) < 4.78 is 17.5. The van der Waals surface area contributed by atoms with Gasteiger partial charge in [-0.1, -0.05) is 12.1 Å². The number of rotatable bonds is 8. The molecule has 0 radical (unpaired) electrons. The average molecular weight is 403 g/mol. The van der Waals surface area contributed by atoms with Crippen molar-refractivity contribution in [3.8, 4) is 0 Å². The van der Waals surface area contributed by atoms with E-state index < -0.39 is 17.4 Å². The predicted molar refractivity (Wildman–Crippen MR) is 109 cm³/mol. The summed E-state index contributed by atoms with van der Waals surface area (Å²) in [7, 11) is 3.28. The Kier molecular flexibility index (Phi) is 6.17. The Balaban J connectivity index is 1.90. The Bertz CT molecular complexity index is 1130. The summed E-state index contributed by atoms with van der Waals surface area (Å²) in [6, 6.07) is 6.21. The molecule has 156 valence electrons. The largest absolute Gasteiger partial charge is 0.393 e. The van der Waals surface area contributed by atoms with Crippen LogP contribution in [0.25, 0.3) is 11.2 Å². The quantitative estimate of drug-likeness (QED) is 0.559. The molecule has 0 bridgehead atoms. The zero-order chi connectivity index (χ0) is 21.1. The van der Waals surface area contributed by atoms with Crippen LogP contribution < -0.4 is 16.6 Å². The third-order valence-electron chi connectivity index (χ3n) is 4.95. The van der Waals surface area contributed by atoms with Gasteiger partial charge in [-0.15, -0.1) is 0 Å². The van der Waals surface area contributed by atoms with Crippen LogP contribution >= 0.6 is 0 Å². The number of unbranched alkanes of at least 4 members (excludes halogenated alkanes) is 1. The van der Waals surface area contributed by atoms with Crippen molar-refractivity contribution in [3.63, 3.8) is 0 Å². The molecule has 0 aliphatic heterocycles. The van der Waals surface area contributed by atoms with E-state index in [0.717, 1.165) is 12.0 Å². The maximum absolute atomic E-state index is 13.4. The van der Waals surface area contributed by atoms with Crippen molar-refractivity contribution in [2.45, 2.75) is 45.4 Å². The summed E-state index contributed by atoms with van der Waals surface area (Å²) in [4.78, 5) is 30.0. The maximum Gasteiger partial charge on any atom is 0.332 e. The average Bonchev–Trinajstić information content (AvgIpc) is 3.00. The molecule has 2 N–H and O–H groups in total. The van der Waals surface area contributed by atoms with E-state index in [1.54, 1.807) is 37.7 Å². The van der Waals surface area contributed by atoms with Gasteiger partial charge in [0.25, 0.3) is 5.56 Å². The van der Waals surface area contributed by atoms with Crippen molar-refractivity contribution in [3.05, 3.63) is 56.5 Å². The highest BCUT2D eigenvalue weighted by atomic mass is 19.1. The summed E-state index contributed by atoms with van der Waals surface area (Å²) >= 11 is 0. The number of aliphatic hydroxyl groups excluding tert-OH is 1. The number of fused-ring (bicyclic) bond motifs is 1. The lowest BCUT2D eigenvalue weighted by Gasteiger charge is -2.09. The number of anilines is 1. The molecule has 2 heterocycles. The fraction of sp³-hybridized carbons (Fsp3) is 0.450. The van der Waals surface area contributed by atoms with Gasteiger partial charge in [-0.3, -0.25) is 13.9 Å². The van der Waals surface area contributed by atoms with Crippen LogP contribution in [0, 0.1) is 5.82 Å². The monoisotopic (exact) mass is 403 g/mol. The molecular weight excluding hydrogens is 377 g/mol. The Morgan fingerprint density at radius 1 is 1.21 bits per heavy atom. The molecule has 0 amide bonds. The first-order valence-corrected chi connectivity index (χ1v) is 9.62. The maximum atomic E-state index is 13.4. The third kappa shape index (κ3) is 4.40. The van der Waals surface area contributed by atoms with E-state index in [2.05, 4.69) is 10.3 Å². The summed E-state index contributed by atoms with van der Waals surface area (Å²) in [5.41, 5.74) is 0.540. The minimum atomic E-state index is -0.422. The Hall–Kier alpha value is -2.94. The van der Waals surface area contributed by atoms with Gasteiger partial charge < -0.3 is 15.0 Å². The molecule has 2 aromatic heterocycles. The van der Waals surface area contributed by atoms with Gasteiger partial charge in [0.05, 0.1) is 6.10 Å². The molecule has 1 unspecified atom stereocenters. The van der Waals surface area contributed by atoms with Gasteiger partial charge in [0.2, 0.25) is 5.95 Å². The molecule has 29 heavy (non-hydrogen) atoms. The first-order valence-electron chi connectivity index (χ1n) is 9.62. The Morgan fingerprint density at radius 2 is 1.97 bits per heavy atom. The second-order valence-electron chi connectivity index (χ2n) is 7.29. The molecule has 8 nitrogen and oxygen atoms in total. The van der Waals surface area contributed by atoms with Crippen LogP contribution in [0.5, 0.6) is 0 Å². The smallest absolute Gasteiger partial charge is 0.332 e. The van der Waals surface area contributed by atoms with Gasteiger partial charge in [0.15, 0.2) is 11.2 Å². The number of hydrogen-bond donors (Lipinski definition) is 2. The minimum absolute atomic E-state index is 0.283. The van der Waals surface area contributed by atoms with Gasteiger partial charge in [-0.25, -0.2) is 9.18 Å². The zero-order valence-electron chi connectivity index (χ0n) is 16.9. The van der Waals surface area contributed by atoms with Crippen LogP contribution in [0.3, 0.4) is 0 Å². The molecule has 0 saturated carbocycles. The molecule has 0 saturated heterocycles. The van der Waals surface area contributed by atoms with Crippen molar-refractivity contribution in [2.75, 3.05) is 5.32 Å². The number of aryl methyl sites for hydroxylation is 2. The van der Waals surface area contributed by atoms with E-state index >= 15 is 0 Å². The molecular formula is C20H26FN5O3. The molecule has 0 aliphatic rings. The number of aliphatic hydroxyl groups is 1. The molecule has 9 heteroatoms. The van der Waals surface area contributed by atoms with E-state index in [-0.39, 0.29) is 12.4 Å².